The first-order valence-electron chi connectivity index (χ1n) is 7.83. The number of fused-ring (bicyclic) bond motifs is 1. The summed E-state index contributed by atoms with van der Waals surface area (Å²) in [6.45, 7) is 3.34. The van der Waals surface area contributed by atoms with Gasteiger partial charge in [-0.1, -0.05) is 17.7 Å². The van der Waals surface area contributed by atoms with E-state index in [9.17, 15) is 13.2 Å². The predicted octanol–water partition coefficient (Wildman–Crippen LogP) is 3.33. The lowest BCUT2D eigenvalue weighted by Crippen LogP contribution is -2.17. The van der Waals surface area contributed by atoms with Crippen LogP contribution < -0.4 is 4.74 Å². The average molecular weight is 357 g/mol. The van der Waals surface area contributed by atoms with Gasteiger partial charge in [0.25, 0.3) is 10.0 Å². The third kappa shape index (κ3) is 3.17. The van der Waals surface area contributed by atoms with Gasteiger partial charge in [-0.3, -0.25) is 4.79 Å². The second-order valence-electron chi connectivity index (χ2n) is 6.02. The zero-order chi connectivity index (χ0) is 18.2. The average Bonchev–Trinajstić information content (AvgIpc) is 2.91. The van der Waals surface area contributed by atoms with Crippen molar-refractivity contribution in [3.05, 3.63) is 59.8 Å². The molecule has 0 N–H and O–H groups in total. The lowest BCUT2D eigenvalue weighted by atomic mass is 10.2. The molecule has 0 aliphatic carbocycles. The quantitative estimate of drug-likeness (QED) is 0.702. The highest BCUT2D eigenvalue weighted by atomic mass is 32.2. The third-order valence-corrected chi connectivity index (χ3v) is 5.81. The van der Waals surface area contributed by atoms with Gasteiger partial charge in [0.15, 0.2) is 0 Å². The number of benzene rings is 2. The van der Waals surface area contributed by atoms with Crippen molar-refractivity contribution in [2.75, 3.05) is 7.11 Å². The Bertz CT molecular complexity index is 1050. The van der Waals surface area contributed by atoms with Gasteiger partial charge >= 0.3 is 0 Å². The van der Waals surface area contributed by atoms with E-state index < -0.39 is 10.0 Å². The summed E-state index contributed by atoms with van der Waals surface area (Å²) in [5.41, 5.74) is 1.94. The molecule has 0 unspecified atom stereocenters. The number of aryl methyl sites for hydroxylation is 1. The number of carbonyl (C=O) groups excluding carboxylic acids is 1. The summed E-state index contributed by atoms with van der Waals surface area (Å²) in [4.78, 5) is 11.8. The fourth-order valence-electron chi connectivity index (χ4n) is 2.83. The van der Waals surface area contributed by atoms with Gasteiger partial charge in [0.1, 0.15) is 11.5 Å². The monoisotopic (exact) mass is 357 g/mol. The lowest BCUT2D eigenvalue weighted by Gasteiger charge is -2.12. The maximum absolute atomic E-state index is 13.2. The van der Waals surface area contributed by atoms with Gasteiger partial charge in [0, 0.05) is 17.5 Å². The van der Waals surface area contributed by atoms with Gasteiger partial charge < -0.3 is 4.74 Å². The van der Waals surface area contributed by atoms with Crippen LogP contribution in [0.1, 0.15) is 18.2 Å². The second-order valence-corrected chi connectivity index (χ2v) is 7.81. The highest BCUT2D eigenvalue weighted by Crippen LogP contribution is 2.29. The Morgan fingerprint density at radius 3 is 2.36 bits per heavy atom. The summed E-state index contributed by atoms with van der Waals surface area (Å²) in [6, 6.07) is 13.6. The number of methoxy groups -OCH3 is 1. The summed E-state index contributed by atoms with van der Waals surface area (Å²) in [6.07, 6.45) is 0.0437. The molecule has 5 nitrogen and oxygen atoms in total. The Hall–Kier alpha value is -2.60. The van der Waals surface area contributed by atoms with Crippen molar-refractivity contribution in [3.63, 3.8) is 0 Å². The minimum absolute atomic E-state index is 0.0437. The molecule has 0 fully saturated rings. The Morgan fingerprint density at radius 2 is 1.76 bits per heavy atom. The van der Waals surface area contributed by atoms with Crippen molar-refractivity contribution >= 4 is 26.7 Å². The molecule has 0 saturated carbocycles. The second kappa shape index (κ2) is 6.37. The van der Waals surface area contributed by atoms with Crippen molar-refractivity contribution < 1.29 is 17.9 Å². The number of carbonyl (C=O) groups is 1. The molecule has 130 valence electrons. The Kier molecular flexibility index (Phi) is 4.39. The Morgan fingerprint density at radius 1 is 1.08 bits per heavy atom. The zero-order valence-corrected chi connectivity index (χ0v) is 15.1. The van der Waals surface area contributed by atoms with Crippen LogP contribution in [0, 0.1) is 6.92 Å². The van der Waals surface area contributed by atoms with Gasteiger partial charge in [-0.15, -0.1) is 0 Å². The molecular weight excluding hydrogens is 338 g/mol. The Balaban J connectivity index is 2.28. The van der Waals surface area contributed by atoms with Crippen LogP contribution in [-0.2, 0) is 21.2 Å². The molecule has 0 spiro atoms. The molecule has 25 heavy (non-hydrogen) atoms. The number of Topliss-reactive ketones (excluding diaryl/α,β-unsaturated/α-hetero) is 1. The molecule has 0 aliphatic rings. The molecule has 3 rings (SSSR count). The predicted molar refractivity (Wildman–Crippen MR) is 96.6 cm³/mol. The van der Waals surface area contributed by atoms with E-state index in [1.165, 1.54) is 10.9 Å². The van der Waals surface area contributed by atoms with Crippen molar-refractivity contribution in [3.8, 4) is 5.75 Å². The number of hydrogen-bond acceptors (Lipinski definition) is 4. The molecule has 0 aliphatic heterocycles. The number of nitrogens with zero attached hydrogens (tertiary/aromatic N) is 1. The summed E-state index contributed by atoms with van der Waals surface area (Å²) >= 11 is 0. The summed E-state index contributed by atoms with van der Waals surface area (Å²) < 4.78 is 32.9. The van der Waals surface area contributed by atoms with Crippen LogP contribution in [0.25, 0.3) is 10.9 Å². The first kappa shape index (κ1) is 17.2. The molecule has 0 bridgehead atoms. The fraction of sp³-hybridized carbons (Fsp3) is 0.211. The summed E-state index contributed by atoms with van der Waals surface area (Å²) in [5.74, 6) is 0.530. The van der Waals surface area contributed by atoms with Gasteiger partial charge in [0.2, 0.25) is 0 Å². The van der Waals surface area contributed by atoms with Crippen LogP contribution in [0.5, 0.6) is 5.75 Å². The number of ketones is 1. The smallest absolute Gasteiger partial charge is 0.268 e. The molecule has 2 aromatic carbocycles. The van der Waals surface area contributed by atoms with E-state index in [1.54, 1.807) is 55.6 Å². The maximum atomic E-state index is 13.2. The molecular formula is C19H19NO4S. The van der Waals surface area contributed by atoms with Crippen molar-refractivity contribution in [1.29, 1.82) is 0 Å². The minimum atomic E-state index is -3.81. The standard InChI is InChI=1S/C19H19NO4S/c1-13-4-7-18(8-5-13)25(22,23)20-16(10-14(2)21)11-15-12-17(24-3)6-9-19(15)20/h4-9,11-12H,10H2,1-3H3. The van der Waals surface area contributed by atoms with Crippen molar-refractivity contribution in [1.82, 2.24) is 3.97 Å². The van der Waals surface area contributed by atoms with E-state index in [-0.39, 0.29) is 17.1 Å². The first-order chi connectivity index (χ1) is 11.8. The maximum Gasteiger partial charge on any atom is 0.268 e. The van der Waals surface area contributed by atoms with Crippen molar-refractivity contribution in [2.24, 2.45) is 0 Å². The summed E-state index contributed by atoms with van der Waals surface area (Å²) in [5, 5.41) is 0.714. The third-order valence-electron chi connectivity index (χ3n) is 4.03. The first-order valence-corrected chi connectivity index (χ1v) is 9.27. The summed E-state index contributed by atoms with van der Waals surface area (Å²) in [7, 11) is -2.26. The van der Waals surface area contributed by atoms with Gasteiger partial charge in [-0.2, -0.15) is 0 Å². The van der Waals surface area contributed by atoms with E-state index >= 15 is 0 Å². The molecule has 1 heterocycles. The normalized spacial score (nSPS) is 11.6. The highest BCUT2D eigenvalue weighted by molar-refractivity contribution is 7.90. The van der Waals surface area contributed by atoms with Crippen LogP contribution in [0.4, 0.5) is 0 Å². The van der Waals surface area contributed by atoms with Gasteiger partial charge in [-0.05, 0) is 50.2 Å². The molecule has 6 heteroatoms. The van der Waals surface area contributed by atoms with Crippen molar-refractivity contribution in [2.45, 2.75) is 25.2 Å². The van der Waals surface area contributed by atoms with Gasteiger partial charge in [-0.25, -0.2) is 12.4 Å². The Labute approximate surface area is 146 Å². The molecule has 0 atom stereocenters. The molecule has 0 saturated heterocycles. The van der Waals surface area contributed by atoms with E-state index in [2.05, 4.69) is 0 Å². The van der Waals surface area contributed by atoms with E-state index in [0.717, 1.165) is 5.56 Å². The minimum Gasteiger partial charge on any atom is -0.497 e. The number of hydrogen-bond donors (Lipinski definition) is 0. The van der Waals surface area contributed by atoms with E-state index in [1.807, 2.05) is 6.92 Å². The number of aromatic nitrogens is 1. The van der Waals surface area contributed by atoms with Crippen LogP contribution in [0.3, 0.4) is 0 Å². The number of rotatable bonds is 5. The molecule has 3 aromatic rings. The molecule has 0 radical (unpaired) electrons. The topological polar surface area (TPSA) is 65.4 Å². The largest absolute Gasteiger partial charge is 0.497 e. The fourth-order valence-corrected chi connectivity index (χ4v) is 4.37. The van der Waals surface area contributed by atoms with Crippen LogP contribution >= 0.6 is 0 Å². The van der Waals surface area contributed by atoms with Crippen LogP contribution in [-0.4, -0.2) is 25.3 Å². The SMILES string of the molecule is COc1ccc2c(c1)cc(CC(C)=O)n2S(=O)(=O)c1ccc(C)cc1. The number of ether oxygens (including phenoxy) is 1. The van der Waals surface area contributed by atoms with E-state index in [0.29, 0.717) is 22.3 Å². The molecule has 1 aromatic heterocycles. The highest BCUT2D eigenvalue weighted by Gasteiger charge is 2.23. The lowest BCUT2D eigenvalue weighted by molar-refractivity contribution is -0.116. The zero-order valence-electron chi connectivity index (χ0n) is 14.3. The molecule has 0 amide bonds. The van der Waals surface area contributed by atoms with Crippen LogP contribution in [0.15, 0.2) is 53.4 Å². The van der Waals surface area contributed by atoms with Crippen LogP contribution in [0.2, 0.25) is 0 Å². The van der Waals surface area contributed by atoms with E-state index in [4.69, 9.17) is 4.74 Å². The van der Waals surface area contributed by atoms with Gasteiger partial charge in [0.05, 0.1) is 17.5 Å².